The number of carbonyl (C=O) groups is 1. The van der Waals surface area contributed by atoms with Crippen LogP contribution in [-0.4, -0.2) is 64.5 Å². The summed E-state index contributed by atoms with van der Waals surface area (Å²) < 4.78 is 48.6. The number of H-pyrrole nitrogens is 1. The van der Waals surface area contributed by atoms with Gasteiger partial charge in [-0.1, -0.05) is 6.07 Å². The normalized spacial score (nSPS) is 19.2. The zero-order valence-electron chi connectivity index (χ0n) is 25.0. The lowest BCUT2D eigenvalue weighted by atomic mass is 9.77. The number of halogens is 3. The van der Waals surface area contributed by atoms with Gasteiger partial charge in [-0.2, -0.15) is 10.2 Å². The fraction of sp³-hybridized carbons (Fsp3) is 0.400. The number of aromatic amines is 1. The van der Waals surface area contributed by atoms with Gasteiger partial charge in [0.1, 0.15) is 22.9 Å². The van der Waals surface area contributed by atoms with Gasteiger partial charge in [-0.25, -0.2) is 32.8 Å². The van der Waals surface area contributed by atoms with Crippen molar-refractivity contribution in [1.82, 2.24) is 44.8 Å². The number of anilines is 2. The van der Waals surface area contributed by atoms with Gasteiger partial charge in [0, 0.05) is 37.2 Å². The lowest BCUT2D eigenvalue weighted by molar-refractivity contribution is -0.148. The van der Waals surface area contributed by atoms with Crippen molar-refractivity contribution >= 4 is 28.6 Å². The van der Waals surface area contributed by atoms with Crippen LogP contribution in [-0.2, 0) is 16.1 Å². The Morgan fingerprint density at radius 1 is 1.20 bits per heavy atom. The number of hydrogen-bond donors (Lipinski definition) is 3. The number of hydrogen-bond acceptors (Lipinski definition) is 8. The zero-order chi connectivity index (χ0) is 31.7. The number of nitrogens with zero attached hydrogens (tertiary/aromatic N) is 7. The maximum Gasteiger partial charge on any atom is 0.256 e. The van der Waals surface area contributed by atoms with E-state index in [1.165, 1.54) is 22.6 Å². The Morgan fingerprint density at radius 3 is 2.62 bits per heavy atom. The maximum absolute atomic E-state index is 13.6. The quantitative estimate of drug-likeness (QED) is 0.195. The van der Waals surface area contributed by atoms with Crippen molar-refractivity contribution in [2.75, 3.05) is 12.4 Å². The Labute approximate surface area is 256 Å². The van der Waals surface area contributed by atoms with Crippen LogP contribution in [0.25, 0.3) is 16.9 Å². The van der Waals surface area contributed by atoms with Gasteiger partial charge in [-0.15, -0.1) is 0 Å². The van der Waals surface area contributed by atoms with Gasteiger partial charge in [0.2, 0.25) is 0 Å². The monoisotopic (exact) mass is 622 g/mol. The average molecular weight is 623 g/mol. The first-order chi connectivity index (χ1) is 21.6. The van der Waals surface area contributed by atoms with Crippen LogP contribution in [0.4, 0.5) is 24.8 Å². The molecule has 1 aliphatic rings. The van der Waals surface area contributed by atoms with Crippen molar-refractivity contribution in [3.05, 3.63) is 72.0 Å². The Hall–Kier alpha value is -4.79. The van der Waals surface area contributed by atoms with E-state index < -0.39 is 24.4 Å². The van der Waals surface area contributed by atoms with Crippen LogP contribution in [0.1, 0.15) is 61.6 Å². The lowest BCUT2D eigenvalue weighted by Gasteiger charge is -2.38. The van der Waals surface area contributed by atoms with Gasteiger partial charge in [0.15, 0.2) is 17.5 Å². The molecule has 0 saturated heterocycles. The molecule has 236 valence electrons. The molecule has 0 bridgehead atoms. The van der Waals surface area contributed by atoms with Crippen molar-refractivity contribution in [3.63, 3.8) is 0 Å². The minimum absolute atomic E-state index is 0.122. The summed E-state index contributed by atoms with van der Waals surface area (Å²) in [6, 6.07) is 6.67. The molecule has 5 aromatic heterocycles. The van der Waals surface area contributed by atoms with Crippen LogP contribution in [0.15, 0.2) is 49.1 Å². The highest BCUT2D eigenvalue weighted by molar-refractivity contribution is 5.89. The third-order valence-corrected chi connectivity index (χ3v) is 8.29. The van der Waals surface area contributed by atoms with Gasteiger partial charge < -0.3 is 19.9 Å². The van der Waals surface area contributed by atoms with Crippen molar-refractivity contribution in [3.8, 4) is 5.82 Å². The van der Waals surface area contributed by atoms with Crippen LogP contribution in [0.3, 0.4) is 0 Å². The van der Waals surface area contributed by atoms with Crippen LogP contribution in [0.2, 0.25) is 0 Å². The Morgan fingerprint density at radius 2 is 2.00 bits per heavy atom. The summed E-state index contributed by atoms with van der Waals surface area (Å²) in [7, 11) is 1.53. The Kier molecular flexibility index (Phi) is 8.27. The van der Waals surface area contributed by atoms with Crippen molar-refractivity contribution < 1.29 is 22.7 Å². The fourth-order valence-electron chi connectivity index (χ4n) is 5.75. The summed E-state index contributed by atoms with van der Waals surface area (Å²) >= 11 is 0. The predicted octanol–water partition coefficient (Wildman–Crippen LogP) is 5.11. The molecule has 0 radical (unpaired) electrons. The second-order valence-electron chi connectivity index (χ2n) is 11.3. The molecule has 1 fully saturated rings. The van der Waals surface area contributed by atoms with Crippen LogP contribution in [0, 0.1) is 12.7 Å². The molecule has 0 aromatic carbocycles. The Balaban J connectivity index is 1.17. The molecule has 1 amide bonds. The molecule has 5 heterocycles. The first-order valence-corrected chi connectivity index (χ1v) is 14.6. The molecular formula is C30H33F3N10O2. The van der Waals surface area contributed by atoms with Crippen molar-refractivity contribution in [2.45, 2.75) is 70.1 Å². The third kappa shape index (κ3) is 6.25. The summed E-state index contributed by atoms with van der Waals surface area (Å²) in [6.45, 7) is 3.23. The number of rotatable bonds is 10. The fourth-order valence-corrected chi connectivity index (χ4v) is 5.75. The average Bonchev–Trinajstić information content (AvgIpc) is 3.77. The number of ether oxygens (including phenoxy) is 1. The number of methoxy groups -OCH3 is 1. The van der Waals surface area contributed by atoms with Gasteiger partial charge >= 0.3 is 0 Å². The molecule has 1 saturated carbocycles. The molecule has 1 aliphatic carbocycles. The maximum atomic E-state index is 13.6. The minimum atomic E-state index is -2.54. The highest BCUT2D eigenvalue weighted by Crippen LogP contribution is 2.40. The zero-order valence-corrected chi connectivity index (χ0v) is 25.0. The van der Waals surface area contributed by atoms with Gasteiger partial charge in [-0.3, -0.25) is 9.89 Å². The van der Waals surface area contributed by atoms with E-state index in [1.54, 1.807) is 30.6 Å². The van der Waals surface area contributed by atoms with Crippen molar-refractivity contribution in [1.29, 1.82) is 0 Å². The third-order valence-electron chi connectivity index (χ3n) is 8.29. The van der Waals surface area contributed by atoms with E-state index in [0.717, 1.165) is 17.5 Å². The summed E-state index contributed by atoms with van der Waals surface area (Å²) in [4.78, 5) is 27.5. The van der Waals surface area contributed by atoms with E-state index in [2.05, 4.69) is 30.9 Å². The number of carbonyl (C=O) groups excluding carboxylic acids is 1. The predicted molar refractivity (Wildman–Crippen MR) is 159 cm³/mol. The number of alkyl halides is 2. The lowest BCUT2D eigenvalue weighted by Crippen LogP contribution is -2.50. The number of fused-ring (bicyclic) bond motifs is 1. The molecule has 45 heavy (non-hydrogen) atoms. The van der Waals surface area contributed by atoms with E-state index in [1.807, 2.05) is 19.9 Å². The van der Waals surface area contributed by atoms with Crippen LogP contribution < -0.4 is 10.6 Å². The van der Waals surface area contributed by atoms with Crippen LogP contribution in [0.5, 0.6) is 0 Å². The molecule has 0 unspecified atom stereocenters. The van der Waals surface area contributed by atoms with E-state index >= 15 is 0 Å². The second kappa shape index (κ2) is 12.3. The van der Waals surface area contributed by atoms with Crippen molar-refractivity contribution in [2.24, 2.45) is 0 Å². The highest BCUT2D eigenvalue weighted by Gasteiger charge is 2.43. The smallest absolute Gasteiger partial charge is 0.256 e. The molecule has 5 aromatic rings. The number of aryl methyl sites for hydroxylation is 1. The van der Waals surface area contributed by atoms with E-state index in [0.29, 0.717) is 60.0 Å². The molecule has 15 heteroatoms. The number of pyridine rings is 1. The topological polar surface area (TPSA) is 140 Å². The highest BCUT2D eigenvalue weighted by atomic mass is 19.3. The number of aromatic nitrogens is 8. The first kappa shape index (κ1) is 30.2. The van der Waals surface area contributed by atoms with Crippen LogP contribution >= 0.6 is 0 Å². The van der Waals surface area contributed by atoms with Gasteiger partial charge in [0.05, 0.1) is 30.4 Å². The first-order valence-electron chi connectivity index (χ1n) is 14.6. The summed E-state index contributed by atoms with van der Waals surface area (Å²) in [5.74, 6) is 1.15. The summed E-state index contributed by atoms with van der Waals surface area (Å²) in [5.41, 5.74) is 0.967. The molecule has 12 nitrogen and oxygen atoms in total. The molecule has 0 spiro atoms. The Bertz CT molecular complexity index is 1790. The van der Waals surface area contributed by atoms with Gasteiger partial charge in [0.25, 0.3) is 12.3 Å². The molecule has 3 N–H and O–H groups in total. The largest absolute Gasteiger partial charge is 0.368 e. The minimum Gasteiger partial charge on any atom is -0.368 e. The molecule has 0 aliphatic heterocycles. The standard InChI is InChI=1S/C30H33F3N10O2/c1-17-12-24(41-40-17)37-27-22-8-11-42(16-23(32)33)28(22)39-26(38-27)19-6-9-30(45-3,10-7-19)29(44)36-18(2)20-4-5-25(34-13-20)43-15-21(31)14-35-43/h4-5,8,11-15,18-19,23H,6-7,9-10,16H2,1-3H3,(H,36,44)(H2,37,38,39,40,41)/t18-,19-,30+/m0/s1. The SMILES string of the molecule is CO[C@]1(C(=O)N[C@@H](C)c2ccc(-n3cc(F)cn3)nc2)CC[C@H](c2nc(Nc3cc(C)[nH]n3)c3ccn(CC(F)F)c3n2)CC1. The van der Waals surface area contributed by atoms with E-state index in [9.17, 15) is 18.0 Å². The molecular weight excluding hydrogens is 589 g/mol. The second-order valence-corrected chi connectivity index (χ2v) is 11.3. The molecule has 1 atom stereocenters. The summed E-state index contributed by atoms with van der Waals surface area (Å²) in [6.07, 6.45) is 4.91. The van der Waals surface area contributed by atoms with E-state index in [-0.39, 0.29) is 17.9 Å². The summed E-state index contributed by atoms with van der Waals surface area (Å²) in [5, 5.41) is 17.9. The van der Waals surface area contributed by atoms with E-state index in [4.69, 9.17) is 14.7 Å². The number of nitrogens with one attached hydrogen (secondary N) is 3. The number of amides is 1. The van der Waals surface area contributed by atoms with Gasteiger partial charge in [-0.05, 0) is 57.2 Å². The molecule has 6 rings (SSSR count).